The summed E-state index contributed by atoms with van der Waals surface area (Å²) >= 11 is 0.599. The Labute approximate surface area is 112 Å². The fraction of sp³-hybridized carbons (Fsp3) is 0. The molecule has 1 aromatic heterocycles. The van der Waals surface area contributed by atoms with Crippen molar-refractivity contribution in [2.75, 3.05) is 0 Å². The molecule has 96 valence electrons. The molecule has 19 heavy (non-hydrogen) atoms. The number of benzene rings is 1. The topological polar surface area (TPSA) is 101 Å². The average molecular weight is 294 g/mol. The van der Waals surface area contributed by atoms with E-state index in [1.807, 2.05) is 0 Å². The first-order valence-electron chi connectivity index (χ1n) is 4.95. The summed E-state index contributed by atoms with van der Waals surface area (Å²) in [4.78, 5) is 10.0. The lowest BCUT2D eigenvalue weighted by Crippen LogP contribution is -2.02. The number of hydrogen-bond donors (Lipinski definition) is 0. The zero-order valence-electron chi connectivity index (χ0n) is 9.31. The highest BCUT2D eigenvalue weighted by Crippen LogP contribution is 2.36. The lowest BCUT2D eigenvalue weighted by molar-refractivity contribution is -0.387. The first-order chi connectivity index (χ1) is 8.96. The second-order valence-corrected chi connectivity index (χ2v) is 6.67. The number of nitro groups is 1. The minimum absolute atomic E-state index is 0.0128. The molecule has 0 bridgehead atoms. The van der Waals surface area contributed by atoms with Crippen LogP contribution >= 0.6 is 11.3 Å². The molecule has 2 aromatic rings. The van der Waals surface area contributed by atoms with Crippen LogP contribution in [0.3, 0.4) is 0 Å². The molecule has 0 unspecified atom stereocenters. The molecule has 0 aliphatic carbocycles. The molecule has 0 radical (unpaired) electrons. The van der Waals surface area contributed by atoms with Crippen LogP contribution in [0.25, 0.3) is 0 Å². The molecule has 0 saturated heterocycles. The quantitative estimate of drug-likeness (QED) is 0.638. The Bertz CT molecular complexity index is 773. The Morgan fingerprint density at radius 3 is 2.42 bits per heavy atom. The van der Waals surface area contributed by atoms with Crippen LogP contribution in [0.15, 0.2) is 45.5 Å². The first kappa shape index (κ1) is 13.2. The van der Waals surface area contributed by atoms with Crippen molar-refractivity contribution < 1.29 is 13.3 Å². The number of nitrogens with zero attached hydrogens (tertiary/aromatic N) is 2. The Kier molecular flexibility index (Phi) is 3.33. The highest BCUT2D eigenvalue weighted by molar-refractivity contribution is 7.93. The van der Waals surface area contributed by atoms with Crippen LogP contribution in [-0.2, 0) is 9.84 Å². The minimum Gasteiger partial charge on any atom is -0.258 e. The molecule has 0 aliphatic heterocycles. The van der Waals surface area contributed by atoms with Gasteiger partial charge in [0.15, 0.2) is 0 Å². The summed E-state index contributed by atoms with van der Waals surface area (Å²) in [5, 5.41) is 19.6. The molecule has 0 atom stereocenters. The third-order valence-electron chi connectivity index (χ3n) is 2.28. The predicted molar refractivity (Wildman–Crippen MR) is 67.6 cm³/mol. The van der Waals surface area contributed by atoms with E-state index in [1.165, 1.54) is 24.3 Å². The van der Waals surface area contributed by atoms with Crippen LogP contribution in [0.4, 0.5) is 5.69 Å². The Morgan fingerprint density at radius 2 is 1.89 bits per heavy atom. The standard InChI is InChI=1S/C11H6N2O4S2/c12-7-8-6-10(13(14)15)11(18-8)19(16,17)9-4-2-1-3-5-9/h1-6H. The fourth-order valence-electron chi connectivity index (χ4n) is 1.45. The summed E-state index contributed by atoms with van der Waals surface area (Å²) < 4.78 is 24.2. The Hall–Kier alpha value is -2.24. The minimum atomic E-state index is -3.98. The van der Waals surface area contributed by atoms with Crippen molar-refractivity contribution in [2.45, 2.75) is 9.10 Å². The van der Waals surface area contributed by atoms with Gasteiger partial charge in [0.05, 0.1) is 9.82 Å². The van der Waals surface area contributed by atoms with E-state index in [4.69, 9.17) is 5.26 Å². The molecule has 6 nitrogen and oxygen atoms in total. The number of sulfone groups is 1. The van der Waals surface area contributed by atoms with Gasteiger partial charge >= 0.3 is 5.69 Å². The van der Waals surface area contributed by atoms with Crippen molar-refractivity contribution in [1.29, 1.82) is 5.26 Å². The van der Waals surface area contributed by atoms with Crippen molar-refractivity contribution in [3.8, 4) is 6.07 Å². The van der Waals surface area contributed by atoms with Crippen LogP contribution in [-0.4, -0.2) is 13.3 Å². The molecule has 0 aliphatic rings. The zero-order chi connectivity index (χ0) is 14.0. The van der Waals surface area contributed by atoms with E-state index < -0.39 is 24.7 Å². The molecule has 8 heteroatoms. The fourth-order valence-corrected chi connectivity index (χ4v) is 4.24. The largest absolute Gasteiger partial charge is 0.300 e. The smallest absolute Gasteiger partial charge is 0.258 e. The van der Waals surface area contributed by atoms with Crippen molar-refractivity contribution in [3.05, 3.63) is 51.4 Å². The molecule has 1 aromatic carbocycles. The Morgan fingerprint density at radius 1 is 1.26 bits per heavy atom. The summed E-state index contributed by atoms with van der Waals surface area (Å²) in [5.41, 5.74) is -0.564. The van der Waals surface area contributed by atoms with E-state index in [2.05, 4.69) is 0 Å². The maximum absolute atomic E-state index is 12.3. The Balaban J connectivity index is 2.69. The summed E-state index contributed by atoms with van der Waals surface area (Å²) in [5.74, 6) is 0. The number of nitriles is 1. The zero-order valence-corrected chi connectivity index (χ0v) is 10.9. The van der Waals surface area contributed by atoms with Gasteiger partial charge in [-0.05, 0) is 12.1 Å². The monoisotopic (exact) mass is 294 g/mol. The summed E-state index contributed by atoms with van der Waals surface area (Å²) in [6, 6.07) is 10.1. The van der Waals surface area contributed by atoms with E-state index in [0.29, 0.717) is 11.3 Å². The van der Waals surface area contributed by atoms with Gasteiger partial charge in [0.1, 0.15) is 10.9 Å². The maximum Gasteiger partial charge on any atom is 0.300 e. The molecular weight excluding hydrogens is 288 g/mol. The SMILES string of the molecule is N#Cc1cc([N+](=O)[O-])c(S(=O)(=O)c2ccccc2)s1. The van der Waals surface area contributed by atoms with Crippen LogP contribution in [0.2, 0.25) is 0 Å². The van der Waals surface area contributed by atoms with E-state index in [9.17, 15) is 18.5 Å². The molecule has 0 amide bonds. The second-order valence-electron chi connectivity index (χ2n) is 3.47. The summed E-state index contributed by atoms with van der Waals surface area (Å²) in [6.07, 6.45) is 0. The van der Waals surface area contributed by atoms with Gasteiger partial charge in [-0.25, -0.2) is 8.42 Å². The highest BCUT2D eigenvalue weighted by atomic mass is 32.2. The number of rotatable bonds is 3. The van der Waals surface area contributed by atoms with Crippen LogP contribution in [0.5, 0.6) is 0 Å². The van der Waals surface area contributed by atoms with Gasteiger partial charge in [0.25, 0.3) is 0 Å². The van der Waals surface area contributed by atoms with E-state index in [1.54, 1.807) is 12.1 Å². The van der Waals surface area contributed by atoms with Crippen molar-refractivity contribution in [3.63, 3.8) is 0 Å². The summed E-state index contributed by atoms with van der Waals surface area (Å²) in [6.45, 7) is 0. The second kappa shape index (κ2) is 4.79. The first-order valence-corrected chi connectivity index (χ1v) is 7.25. The highest BCUT2D eigenvalue weighted by Gasteiger charge is 2.31. The van der Waals surface area contributed by atoms with E-state index >= 15 is 0 Å². The molecule has 2 rings (SSSR count). The molecule has 0 fully saturated rings. The molecular formula is C11H6N2O4S2. The van der Waals surface area contributed by atoms with Gasteiger partial charge in [-0.15, -0.1) is 11.3 Å². The van der Waals surface area contributed by atoms with Gasteiger partial charge in [-0.3, -0.25) is 10.1 Å². The lowest BCUT2D eigenvalue weighted by Gasteiger charge is -2.00. The van der Waals surface area contributed by atoms with Gasteiger partial charge < -0.3 is 0 Å². The predicted octanol–water partition coefficient (Wildman–Crippen LogP) is 2.36. The maximum atomic E-state index is 12.3. The van der Waals surface area contributed by atoms with Gasteiger partial charge in [0.2, 0.25) is 14.0 Å². The van der Waals surface area contributed by atoms with Crippen molar-refractivity contribution in [2.24, 2.45) is 0 Å². The number of hydrogen-bond acceptors (Lipinski definition) is 6. The molecule has 0 N–H and O–H groups in total. The van der Waals surface area contributed by atoms with Crippen LogP contribution in [0, 0.1) is 21.4 Å². The average Bonchev–Trinajstić information content (AvgIpc) is 2.85. The third-order valence-corrected chi connectivity index (χ3v) is 5.61. The number of thiophene rings is 1. The van der Waals surface area contributed by atoms with Crippen LogP contribution in [0.1, 0.15) is 4.88 Å². The van der Waals surface area contributed by atoms with Crippen LogP contribution < -0.4 is 0 Å². The normalized spacial score (nSPS) is 10.9. The van der Waals surface area contributed by atoms with Gasteiger partial charge in [-0.2, -0.15) is 5.26 Å². The van der Waals surface area contributed by atoms with E-state index in [-0.39, 0.29) is 9.77 Å². The van der Waals surface area contributed by atoms with Gasteiger partial charge in [0, 0.05) is 6.07 Å². The van der Waals surface area contributed by atoms with Crippen molar-refractivity contribution in [1.82, 2.24) is 0 Å². The molecule has 1 heterocycles. The lowest BCUT2D eigenvalue weighted by atomic mass is 10.4. The summed E-state index contributed by atoms with van der Waals surface area (Å²) in [7, 11) is -3.98. The van der Waals surface area contributed by atoms with Crippen molar-refractivity contribution >= 4 is 26.9 Å². The molecule has 0 spiro atoms. The van der Waals surface area contributed by atoms with E-state index in [0.717, 1.165) is 6.07 Å². The molecule has 0 saturated carbocycles. The third kappa shape index (κ3) is 2.33. The van der Waals surface area contributed by atoms with Gasteiger partial charge in [-0.1, -0.05) is 18.2 Å².